The second-order valence-corrected chi connectivity index (χ2v) is 4.04. The largest absolute Gasteiger partial charge is 0.230 e. The number of hydrogen-bond donors (Lipinski definition) is 0. The number of aromatic nitrogens is 3. The molecule has 0 aliphatic carbocycles. The predicted molar refractivity (Wildman–Crippen MR) is 50.6 cm³/mol. The fourth-order valence-electron chi connectivity index (χ4n) is 0.754. The highest BCUT2D eigenvalue weighted by molar-refractivity contribution is 9.11. The lowest BCUT2D eigenvalue weighted by atomic mass is 10.4. The van der Waals surface area contributed by atoms with Gasteiger partial charge in [-0.05, 0) is 31.9 Å². The standard InChI is InChI=1S/C5Br2FN3S/c6-1-2-3(11-12-10-2)4(7)9-5(1)8. The van der Waals surface area contributed by atoms with Gasteiger partial charge in [-0.25, -0.2) is 4.98 Å². The van der Waals surface area contributed by atoms with E-state index in [1.165, 1.54) is 0 Å². The molecule has 0 bridgehead atoms. The number of pyridine rings is 1. The van der Waals surface area contributed by atoms with Gasteiger partial charge in [0, 0.05) is 0 Å². The monoisotopic (exact) mass is 311 g/mol. The molecule has 0 saturated carbocycles. The minimum atomic E-state index is -0.581. The maximum absolute atomic E-state index is 12.9. The summed E-state index contributed by atoms with van der Waals surface area (Å²) in [5.74, 6) is -0.581. The summed E-state index contributed by atoms with van der Waals surface area (Å²) in [7, 11) is 0. The number of nitrogens with zero attached hydrogens (tertiary/aromatic N) is 3. The van der Waals surface area contributed by atoms with E-state index >= 15 is 0 Å². The smallest absolute Gasteiger partial charge is 0.209 e. The Bertz CT molecular complexity index is 443. The molecule has 0 saturated heterocycles. The number of hydrogen-bond acceptors (Lipinski definition) is 4. The van der Waals surface area contributed by atoms with E-state index in [2.05, 4.69) is 45.6 Å². The Morgan fingerprint density at radius 1 is 1.17 bits per heavy atom. The molecule has 62 valence electrons. The second kappa shape index (κ2) is 2.97. The Hall–Kier alpha value is -0.140. The van der Waals surface area contributed by atoms with Crippen molar-refractivity contribution in [3.63, 3.8) is 0 Å². The van der Waals surface area contributed by atoms with Gasteiger partial charge in [0.2, 0.25) is 5.95 Å². The summed E-state index contributed by atoms with van der Waals surface area (Å²) >= 11 is 7.16. The Morgan fingerprint density at radius 3 is 2.58 bits per heavy atom. The lowest BCUT2D eigenvalue weighted by Gasteiger charge is -1.94. The number of fused-ring (bicyclic) bond motifs is 1. The molecule has 3 nitrogen and oxygen atoms in total. The summed E-state index contributed by atoms with van der Waals surface area (Å²) < 4.78 is 21.4. The molecule has 0 spiro atoms. The van der Waals surface area contributed by atoms with Crippen LogP contribution in [-0.2, 0) is 0 Å². The minimum Gasteiger partial charge on any atom is -0.209 e. The summed E-state index contributed by atoms with van der Waals surface area (Å²) in [5, 5.41) is 0. The van der Waals surface area contributed by atoms with Gasteiger partial charge in [0.05, 0.1) is 11.7 Å². The van der Waals surface area contributed by atoms with Gasteiger partial charge in [-0.15, -0.1) is 0 Å². The quantitative estimate of drug-likeness (QED) is 0.702. The van der Waals surface area contributed by atoms with Gasteiger partial charge in [0.25, 0.3) is 0 Å². The van der Waals surface area contributed by atoms with Crippen LogP contribution in [0.15, 0.2) is 9.08 Å². The first-order valence-electron chi connectivity index (χ1n) is 2.83. The van der Waals surface area contributed by atoms with Crippen molar-refractivity contribution >= 4 is 54.6 Å². The average molecular weight is 313 g/mol. The van der Waals surface area contributed by atoms with Crippen LogP contribution in [0.2, 0.25) is 0 Å². The third-order valence-electron chi connectivity index (χ3n) is 1.27. The van der Waals surface area contributed by atoms with Crippen LogP contribution < -0.4 is 0 Å². The van der Waals surface area contributed by atoms with Gasteiger partial charge in [-0.1, -0.05) is 0 Å². The van der Waals surface area contributed by atoms with Crippen molar-refractivity contribution in [2.75, 3.05) is 0 Å². The molecule has 0 fully saturated rings. The van der Waals surface area contributed by atoms with E-state index in [4.69, 9.17) is 0 Å². The lowest BCUT2D eigenvalue weighted by Crippen LogP contribution is -1.87. The Morgan fingerprint density at radius 2 is 1.83 bits per heavy atom. The SMILES string of the molecule is Fc1nc(Br)c2nsnc2c1Br. The molecule has 0 radical (unpaired) electrons. The molecule has 0 N–H and O–H groups in total. The summed E-state index contributed by atoms with van der Waals surface area (Å²) in [6.45, 7) is 0. The molecule has 2 aromatic rings. The van der Waals surface area contributed by atoms with Crippen molar-refractivity contribution < 1.29 is 4.39 Å². The molecule has 0 unspecified atom stereocenters. The Balaban J connectivity index is 2.97. The Kier molecular flexibility index (Phi) is 2.09. The molecule has 0 amide bonds. The van der Waals surface area contributed by atoms with Gasteiger partial charge in [0.15, 0.2) is 0 Å². The Labute approximate surface area is 87.6 Å². The van der Waals surface area contributed by atoms with Crippen molar-refractivity contribution in [2.24, 2.45) is 0 Å². The maximum atomic E-state index is 12.9. The third-order valence-corrected chi connectivity index (χ3v) is 3.05. The molecule has 2 aromatic heterocycles. The van der Waals surface area contributed by atoms with E-state index in [1.54, 1.807) is 0 Å². The molecule has 7 heteroatoms. The highest BCUT2D eigenvalue weighted by Gasteiger charge is 2.13. The summed E-state index contributed by atoms with van der Waals surface area (Å²) in [4.78, 5) is 3.58. The summed E-state index contributed by atoms with van der Waals surface area (Å²) in [5.41, 5.74) is 1.08. The zero-order chi connectivity index (χ0) is 8.72. The van der Waals surface area contributed by atoms with Crippen LogP contribution in [0.5, 0.6) is 0 Å². The zero-order valence-electron chi connectivity index (χ0n) is 5.38. The van der Waals surface area contributed by atoms with Gasteiger partial charge in [-0.3, -0.25) is 0 Å². The maximum Gasteiger partial charge on any atom is 0.230 e. The second-order valence-electron chi connectivity index (χ2n) is 1.97. The summed E-state index contributed by atoms with van der Waals surface area (Å²) in [6.07, 6.45) is 0. The molecule has 12 heavy (non-hydrogen) atoms. The van der Waals surface area contributed by atoms with Gasteiger partial charge < -0.3 is 0 Å². The molecule has 2 heterocycles. The molecule has 2 rings (SSSR count). The van der Waals surface area contributed by atoms with E-state index in [1.807, 2.05) is 0 Å². The topological polar surface area (TPSA) is 38.7 Å². The molecule has 0 aliphatic heterocycles. The highest BCUT2D eigenvalue weighted by Crippen LogP contribution is 2.28. The van der Waals surface area contributed by atoms with Crippen LogP contribution in [-0.4, -0.2) is 13.7 Å². The van der Waals surface area contributed by atoms with Crippen LogP contribution in [0.4, 0.5) is 4.39 Å². The van der Waals surface area contributed by atoms with E-state index in [0.717, 1.165) is 11.7 Å². The van der Waals surface area contributed by atoms with Crippen molar-refractivity contribution in [1.29, 1.82) is 0 Å². The first kappa shape index (κ1) is 8.46. The predicted octanol–water partition coefficient (Wildman–Crippen LogP) is 2.75. The van der Waals surface area contributed by atoms with Crippen LogP contribution in [0, 0.1) is 5.95 Å². The van der Waals surface area contributed by atoms with Crippen molar-refractivity contribution in [3.05, 3.63) is 15.0 Å². The van der Waals surface area contributed by atoms with Gasteiger partial charge in [-0.2, -0.15) is 13.1 Å². The van der Waals surface area contributed by atoms with E-state index < -0.39 is 5.95 Å². The molecular weight excluding hydrogens is 313 g/mol. The normalized spacial score (nSPS) is 10.9. The number of halogens is 3. The fraction of sp³-hybridized carbons (Fsp3) is 0. The lowest BCUT2D eigenvalue weighted by molar-refractivity contribution is 0.577. The first-order valence-corrected chi connectivity index (χ1v) is 5.14. The van der Waals surface area contributed by atoms with E-state index in [0.29, 0.717) is 15.6 Å². The zero-order valence-corrected chi connectivity index (χ0v) is 9.37. The van der Waals surface area contributed by atoms with Crippen LogP contribution in [0.25, 0.3) is 11.0 Å². The highest BCUT2D eigenvalue weighted by atomic mass is 79.9. The van der Waals surface area contributed by atoms with Crippen LogP contribution >= 0.6 is 43.6 Å². The van der Waals surface area contributed by atoms with E-state index in [-0.39, 0.29) is 4.47 Å². The third kappa shape index (κ3) is 1.16. The molecule has 0 aliphatic rings. The minimum absolute atomic E-state index is 0.259. The number of rotatable bonds is 0. The fourth-order valence-corrected chi connectivity index (χ4v) is 2.34. The molecular formula is C5Br2FN3S. The van der Waals surface area contributed by atoms with Crippen molar-refractivity contribution in [2.45, 2.75) is 0 Å². The van der Waals surface area contributed by atoms with Gasteiger partial charge in [0.1, 0.15) is 20.1 Å². The average Bonchev–Trinajstić information content (AvgIpc) is 2.48. The molecule has 0 atom stereocenters. The first-order chi connectivity index (χ1) is 5.70. The van der Waals surface area contributed by atoms with Crippen LogP contribution in [0.1, 0.15) is 0 Å². The summed E-state index contributed by atoms with van der Waals surface area (Å²) in [6, 6.07) is 0. The van der Waals surface area contributed by atoms with Crippen molar-refractivity contribution in [3.8, 4) is 0 Å². The molecule has 0 aromatic carbocycles. The van der Waals surface area contributed by atoms with Crippen LogP contribution in [0.3, 0.4) is 0 Å². The van der Waals surface area contributed by atoms with Crippen molar-refractivity contribution in [1.82, 2.24) is 13.7 Å². The van der Waals surface area contributed by atoms with E-state index in [9.17, 15) is 4.39 Å². The van der Waals surface area contributed by atoms with Gasteiger partial charge >= 0.3 is 0 Å².